The first-order valence-electron chi connectivity index (χ1n) is 7.20. The summed E-state index contributed by atoms with van der Waals surface area (Å²) in [7, 11) is -0.375. The average molecular weight is 402 g/mol. The number of sulfonamides is 1. The van der Waals surface area contributed by atoms with Crippen LogP contribution in [-0.2, 0) is 21.2 Å². The van der Waals surface area contributed by atoms with Crippen molar-refractivity contribution < 1.29 is 13.2 Å². The van der Waals surface area contributed by atoms with Crippen LogP contribution in [-0.4, -0.2) is 33.4 Å². The Kier molecular flexibility index (Phi) is 6.29. The van der Waals surface area contributed by atoms with Gasteiger partial charge in [-0.15, -0.1) is 0 Å². The summed E-state index contributed by atoms with van der Waals surface area (Å²) in [5, 5.41) is 2.02. The van der Waals surface area contributed by atoms with E-state index in [1.54, 1.807) is 43.4 Å². The maximum absolute atomic E-state index is 12.4. The monoisotopic (exact) mass is 401 g/mol. The lowest BCUT2D eigenvalue weighted by molar-refractivity contribution is -0.124. The van der Waals surface area contributed by atoms with Gasteiger partial charge in [0.2, 0.25) is 5.91 Å². The molecular weight excluding hydrogens is 385 g/mol. The molecule has 134 valence electrons. The van der Waals surface area contributed by atoms with Crippen LogP contribution in [0.3, 0.4) is 0 Å². The number of rotatable bonds is 6. The van der Waals surface area contributed by atoms with Crippen molar-refractivity contribution in [3.05, 3.63) is 58.1 Å². The number of halogens is 2. The molecule has 2 aromatic rings. The van der Waals surface area contributed by atoms with E-state index in [2.05, 4.69) is 10.1 Å². The van der Waals surface area contributed by atoms with Crippen molar-refractivity contribution in [1.29, 1.82) is 0 Å². The van der Waals surface area contributed by atoms with E-state index in [1.807, 2.05) is 0 Å². The summed E-state index contributed by atoms with van der Waals surface area (Å²) >= 11 is 11.7. The number of anilines is 1. The SMILES string of the molecule is CN(C)NC(=O)Cc1ccc(NS(=O)(=O)c2cc(Cl)cc(Cl)c2)cc1. The zero-order valence-corrected chi connectivity index (χ0v) is 15.9. The van der Waals surface area contributed by atoms with E-state index in [-0.39, 0.29) is 27.3 Å². The number of carbonyl (C=O) groups excluding carboxylic acids is 1. The molecule has 0 spiro atoms. The Balaban J connectivity index is 2.11. The van der Waals surface area contributed by atoms with E-state index in [4.69, 9.17) is 23.2 Å². The lowest BCUT2D eigenvalue weighted by atomic mass is 10.1. The van der Waals surface area contributed by atoms with Gasteiger partial charge in [-0.3, -0.25) is 14.9 Å². The Labute approximate surface area is 156 Å². The van der Waals surface area contributed by atoms with Crippen molar-refractivity contribution >= 4 is 44.8 Å². The standard InChI is InChI=1S/C16H17Cl2N3O3S/c1-21(2)19-16(22)7-11-3-5-14(6-4-11)20-25(23,24)15-9-12(17)8-13(18)10-15/h3-6,8-10,20H,7H2,1-2H3,(H,19,22). The molecule has 6 nitrogen and oxygen atoms in total. The predicted molar refractivity (Wildman–Crippen MR) is 99.2 cm³/mol. The highest BCUT2D eigenvalue weighted by molar-refractivity contribution is 7.92. The van der Waals surface area contributed by atoms with Crippen molar-refractivity contribution in [3.63, 3.8) is 0 Å². The second kappa shape index (κ2) is 8.05. The molecule has 0 aliphatic heterocycles. The maximum Gasteiger partial charge on any atom is 0.261 e. The number of amides is 1. The minimum absolute atomic E-state index is 0.0283. The molecule has 0 bridgehead atoms. The minimum atomic E-state index is -3.81. The first-order chi connectivity index (χ1) is 11.7. The first-order valence-corrected chi connectivity index (χ1v) is 9.44. The summed E-state index contributed by atoms with van der Waals surface area (Å²) in [4.78, 5) is 11.7. The molecule has 0 saturated carbocycles. The smallest absolute Gasteiger partial charge is 0.261 e. The Morgan fingerprint density at radius 3 is 2.12 bits per heavy atom. The second-order valence-electron chi connectivity index (χ2n) is 5.51. The van der Waals surface area contributed by atoms with Gasteiger partial charge in [-0.25, -0.2) is 13.4 Å². The average Bonchev–Trinajstić information content (AvgIpc) is 2.47. The topological polar surface area (TPSA) is 78.5 Å². The number of hydrazine groups is 1. The van der Waals surface area contributed by atoms with E-state index in [1.165, 1.54) is 18.2 Å². The summed E-state index contributed by atoms with van der Waals surface area (Å²) in [6.07, 6.45) is 0.190. The van der Waals surface area contributed by atoms with Crippen molar-refractivity contribution in [3.8, 4) is 0 Å². The lowest BCUT2D eigenvalue weighted by Gasteiger charge is -2.12. The summed E-state index contributed by atoms with van der Waals surface area (Å²) in [6, 6.07) is 10.6. The number of benzene rings is 2. The molecular formula is C16H17Cl2N3O3S. The van der Waals surface area contributed by atoms with Gasteiger partial charge in [-0.05, 0) is 35.9 Å². The van der Waals surface area contributed by atoms with Crippen molar-refractivity contribution in [2.75, 3.05) is 18.8 Å². The third-order valence-electron chi connectivity index (χ3n) is 3.07. The fourth-order valence-electron chi connectivity index (χ4n) is 2.06. The molecule has 0 atom stereocenters. The first kappa shape index (κ1) is 19.5. The highest BCUT2D eigenvalue weighted by Gasteiger charge is 2.16. The summed E-state index contributed by atoms with van der Waals surface area (Å²) in [6.45, 7) is 0. The maximum atomic E-state index is 12.4. The molecule has 2 rings (SSSR count). The lowest BCUT2D eigenvalue weighted by Crippen LogP contribution is -2.37. The van der Waals surface area contributed by atoms with Gasteiger partial charge in [0, 0.05) is 29.8 Å². The van der Waals surface area contributed by atoms with E-state index < -0.39 is 10.0 Å². The summed E-state index contributed by atoms with van der Waals surface area (Å²) < 4.78 is 27.2. The number of nitrogens with one attached hydrogen (secondary N) is 2. The van der Waals surface area contributed by atoms with Gasteiger partial charge in [-0.2, -0.15) is 0 Å². The number of hydrogen-bond donors (Lipinski definition) is 2. The zero-order valence-electron chi connectivity index (χ0n) is 13.6. The van der Waals surface area contributed by atoms with Crippen molar-refractivity contribution in [1.82, 2.24) is 10.4 Å². The quantitative estimate of drug-likeness (QED) is 0.729. The van der Waals surface area contributed by atoms with Gasteiger partial charge in [0.1, 0.15) is 0 Å². The van der Waals surface area contributed by atoms with Gasteiger partial charge in [0.05, 0.1) is 11.3 Å². The molecule has 2 N–H and O–H groups in total. The predicted octanol–water partition coefficient (Wildman–Crippen LogP) is 2.93. The van der Waals surface area contributed by atoms with Gasteiger partial charge >= 0.3 is 0 Å². The molecule has 0 saturated heterocycles. The van der Waals surface area contributed by atoms with Gasteiger partial charge < -0.3 is 0 Å². The van der Waals surface area contributed by atoms with Gasteiger partial charge in [0.15, 0.2) is 0 Å². The van der Waals surface area contributed by atoms with Crippen LogP contribution in [0, 0.1) is 0 Å². The zero-order chi connectivity index (χ0) is 18.6. The number of nitrogens with zero attached hydrogens (tertiary/aromatic N) is 1. The Morgan fingerprint density at radius 1 is 1.04 bits per heavy atom. The van der Waals surface area contributed by atoms with Crippen LogP contribution in [0.1, 0.15) is 5.56 Å². The van der Waals surface area contributed by atoms with Crippen LogP contribution < -0.4 is 10.1 Å². The van der Waals surface area contributed by atoms with Crippen LogP contribution in [0.15, 0.2) is 47.4 Å². The molecule has 1 amide bonds. The molecule has 0 fully saturated rings. The Morgan fingerprint density at radius 2 is 1.60 bits per heavy atom. The Bertz CT molecular complexity index is 848. The number of hydrogen-bond acceptors (Lipinski definition) is 4. The third-order valence-corrected chi connectivity index (χ3v) is 4.86. The molecule has 9 heteroatoms. The minimum Gasteiger partial charge on any atom is -0.289 e. The van der Waals surface area contributed by atoms with Crippen LogP contribution in [0.5, 0.6) is 0 Å². The highest BCUT2D eigenvalue weighted by atomic mass is 35.5. The molecule has 0 heterocycles. The summed E-state index contributed by atoms with van der Waals surface area (Å²) in [5.41, 5.74) is 3.76. The van der Waals surface area contributed by atoms with E-state index in [0.717, 1.165) is 5.56 Å². The normalized spacial score (nSPS) is 11.4. The number of carbonyl (C=O) groups is 1. The second-order valence-corrected chi connectivity index (χ2v) is 8.07. The molecule has 0 aliphatic carbocycles. The molecule has 0 unspecified atom stereocenters. The molecule has 25 heavy (non-hydrogen) atoms. The highest BCUT2D eigenvalue weighted by Crippen LogP contribution is 2.24. The fraction of sp³-hybridized carbons (Fsp3) is 0.188. The molecule has 0 aromatic heterocycles. The largest absolute Gasteiger partial charge is 0.289 e. The van der Waals surface area contributed by atoms with Crippen LogP contribution in [0.4, 0.5) is 5.69 Å². The van der Waals surface area contributed by atoms with Crippen LogP contribution in [0.25, 0.3) is 0 Å². The van der Waals surface area contributed by atoms with Gasteiger partial charge in [-0.1, -0.05) is 35.3 Å². The van der Waals surface area contributed by atoms with E-state index in [0.29, 0.717) is 5.69 Å². The summed E-state index contributed by atoms with van der Waals surface area (Å²) in [5.74, 6) is -0.160. The van der Waals surface area contributed by atoms with Crippen LogP contribution in [0.2, 0.25) is 10.0 Å². The Hall–Kier alpha value is -1.80. The van der Waals surface area contributed by atoms with Gasteiger partial charge in [0.25, 0.3) is 10.0 Å². The van der Waals surface area contributed by atoms with Crippen molar-refractivity contribution in [2.24, 2.45) is 0 Å². The van der Waals surface area contributed by atoms with Crippen LogP contribution >= 0.6 is 23.2 Å². The molecule has 0 radical (unpaired) electrons. The van der Waals surface area contributed by atoms with E-state index in [9.17, 15) is 13.2 Å². The van der Waals surface area contributed by atoms with Crippen molar-refractivity contribution in [2.45, 2.75) is 11.3 Å². The third kappa shape index (κ3) is 5.89. The molecule has 2 aromatic carbocycles. The fourth-order valence-corrected chi connectivity index (χ4v) is 3.85. The van der Waals surface area contributed by atoms with E-state index >= 15 is 0 Å². The molecule has 0 aliphatic rings.